The van der Waals surface area contributed by atoms with Gasteiger partial charge in [-0.2, -0.15) is 0 Å². The minimum atomic E-state index is 0.0440. The van der Waals surface area contributed by atoms with Crippen LogP contribution in [0.4, 0.5) is 5.82 Å². The number of rotatable bonds is 7. The summed E-state index contributed by atoms with van der Waals surface area (Å²) in [5.41, 5.74) is 2.45. The Morgan fingerprint density at radius 2 is 2.00 bits per heavy atom. The molecule has 0 radical (unpaired) electrons. The van der Waals surface area contributed by atoms with Gasteiger partial charge in [0, 0.05) is 31.8 Å². The predicted octanol–water partition coefficient (Wildman–Crippen LogP) is 2.96. The van der Waals surface area contributed by atoms with Crippen molar-refractivity contribution in [1.82, 2.24) is 10.3 Å². The van der Waals surface area contributed by atoms with Crippen LogP contribution in [0.25, 0.3) is 0 Å². The first kappa shape index (κ1) is 17.9. The Balaban J connectivity index is 3.11. The summed E-state index contributed by atoms with van der Waals surface area (Å²) in [6, 6.07) is 4.68. The second-order valence-corrected chi connectivity index (χ2v) is 6.66. The summed E-state index contributed by atoms with van der Waals surface area (Å²) in [5.74, 6) is 1.01. The van der Waals surface area contributed by atoms with Gasteiger partial charge in [0.15, 0.2) is 0 Å². The van der Waals surface area contributed by atoms with Crippen molar-refractivity contribution in [3.63, 3.8) is 0 Å². The van der Waals surface area contributed by atoms with E-state index < -0.39 is 0 Å². The first-order valence-electron chi connectivity index (χ1n) is 7.73. The van der Waals surface area contributed by atoms with Gasteiger partial charge in [0.25, 0.3) is 0 Å². The molecular formula is C17H31N3O. The van der Waals surface area contributed by atoms with Gasteiger partial charge in [0.05, 0.1) is 12.6 Å². The maximum atomic E-state index is 5.26. The third-order valence-electron chi connectivity index (χ3n) is 3.65. The number of hydrogen-bond donors (Lipinski definition) is 1. The van der Waals surface area contributed by atoms with Crippen molar-refractivity contribution in [3.05, 3.63) is 23.4 Å². The van der Waals surface area contributed by atoms with E-state index in [2.05, 4.69) is 64.0 Å². The minimum absolute atomic E-state index is 0.0440. The lowest BCUT2D eigenvalue weighted by atomic mass is 9.90. The maximum Gasteiger partial charge on any atom is 0.129 e. The number of pyridine rings is 1. The summed E-state index contributed by atoms with van der Waals surface area (Å²) < 4.78 is 5.26. The molecule has 1 aromatic heterocycles. The fourth-order valence-electron chi connectivity index (χ4n) is 2.09. The van der Waals surface area contributed by atoms with Crippen LogP contribution >= 0.6 is 0 Å². The Hall–Kier alpha value is -1.13. The molecule has 0 aliphatic carbocycles. The molecule has 1 heterocycles. The summed E-state index contributed by atoms with van der Waals surface area (Å²) in [6.07, 6.45) is 0. The van der Waals surface area contributed by atoms with E-state index in [0.29, 0.717) is 12.6 Å². The smallest absolute Gasteiger partial charge is 0.129 e. The Kier molecular flexibility index (Phi) is 6.62. The molecule has 0 saturated heterocycles. The lowest BCUT2D eigenvalue weighted by molar-refractivity contribution is 0.183. The lowest BCUT2D eigenvalue weighted by Gasteiger charge is -2.28. The molecule has 1 rings (SSSR count). The van der Waals surface area contributed by atoms with E-state index in [1.165, 1.54) is 5.56 Å². The van der Waals surface area contributed by atoms with Crippen LogP contribution in [0, 0.1) is 0 Å². The second kappa shape index (κ2) is 7.76. The van der Waals surface area contributed by atoms with Crippen LogP contribution in [0.3, 0.4) is 0 Å². The van der Waals surface area contributed by atoms with Gasteiger partial charge in [-0.05, 0) is 31.2 Å². The topological polar surface area (TPSA) is 37.4 Å². The van der Waals surface area contributed by atoms with Crippen molar-refractivity contribution in [1.29, 1.82) is 0 Å². The largest absolute Gasteiger partial charge is 0.383 e. The van der Waals surface area contributed by atoms with Gasteiger partial charge in [-0.25, -0.2) is 4.98 Å². The SMILES string of the molecule is CCNCc1cc(N(C)C(C)COC)nc(C(C)(C)C)c1. The van der Waals surface area contributed by atoms with E-state index >= 15 is 0 Å². The first-order chi connectivity index (χ1) is 9.79. The Bertz CT molecular complexity index is 440. The van der Waals surface area contributed by atoms with Gasteiger partial charge in [-0.3, -0.25) is 0 Å². The monoisotopic (exact) mass is 293 g/mol. The van der Waals surface area contributed by atoms with Crippen LogP contribution in [0.1, 0.15) is 45.9 Å². The van der Waals surface area contributed by atoms with E-state index in [4.69, 9.17) is 9.72 Å². The number of methoxy groups -OCH3 is 1. The number of likely N-dealkylation sites (N-methyl/N-ethyl adjacent to an activating group) is 1. The Morgan fingerprint density at radius 3 is 2.52 bits per heavy atom. The summed E-state index contributed by atoms with van der Waals surface area (Å²) in [4.78, 5) is 7.05. The molecule has 4 nitrogen and oxygen atoms in total. The van der Waals surface area contributed by atoms with Gasteiger partial charge in [-0.1, -0.05) is 27.7 Å². The van der Waals surface area contributed by atoms with Crippen molar-refractivity contribution in [3.8, 4) is 0 Å². The summed E-state index contributed by atoms with van der Waals surface area (Å²) >= 11 is 0. The standard InChI is InChI=1S/C17H31N3O/c1-8-18-11-14-9-15(17(3,4)5)19-16(10-14)20(6)13(2)12-21-7/h9-10,13,18H,8,11-12H2,1-7H3. The minimum Gasteiger partial charge on any atom is -0.383 e. The zero-order chi connectivity index (χ0) is 16.0. The number of aromatic nitrogens is 1. The first-order valence-corrected chi connectivity index (χ1v) is 7.73. The average Bonchev–Trinajstić information content (AvgIpc) is 2.43. The van der Waals surface area contributed by atoms with E-state index in [9.17, 15) is 0 Å². The fraction of sp³-hybridized carbons (Fsp3) is 0.706. The molecule has 120 valence electrons. The average molecular weight is 293 g/mol. The Labute approximate surface area is 129 Å². The molecule has 0 aromatic carbocycles. The number of nitrogens with one attached hydrogen (secondary N) is 1. The van der Waals surface area contributed by atoms with E-state index in [1.54, 1.807) is 7.11 Å². The lowest BCUT2D eigenvalue weighted by Crippen LogP contribution is -2.34. The van der Waals surface area contributed by atoms with Crippen LogP contribution in [0.15, 0.2) is 12.1 Å². The number of hydrogen-bond acceptors (Lipinski definition) is 4. The maximum absolute atomic E-state index is 5.26. The third-order valence-corrected chi connectivity index (χ3v) is 3.65. The summed E-state index contributed by atoms with van der Waals surface area (Å²) in [7, 11) is 3.81. The highest BCUT2D eigenvalue weighted by Gasteiger charge is 2.19. The van der Waals surface area contributed by atoms with Crippen molar-refractivity contribution in [2.24, 2.45) is 0 Å². The van der Waals surface area contributed by atoms with Gasteiger partial charge in [-0.15, -0.1) is 0 Å². The third kappa shape index (κ3) is 5.29. The predicted molar refractivity (Wildman–Crippen MR) is 90.1 cm³/mol. The van der Waals surface area contributed by atoms with E-state index in [-0.39, 0.29) is 5.41 Å². The fourth-order valence-corrected chi connectivity index (χ4v) is 2.09. The summed E-state index contributed by atoms with van der Waals surface area (Å²) in [6.45, 7) is 13.4. The van der Waals surface area contributed by atoms with Crippen LogP contribution in [-0.2, 0) is 16.7 Å². The number of ether oxygens (including phenoxy) is 1. The highest BCUT2D eigenvalue weighted by molar-refractivity contribution is 5.44. The molecule has 1 aromatic rings. The van der Waals surface area contributed by atoms with Gasteiger partial charge in [0.1, 0.15) is 5.82 Å². The molecule has 0 bridgehead atoms. The molecule has 0 saturated carbocycles. The molecule has 1 N–H and O–H groups in total. The molecule has 21 heavy (non-hydrogen) atoms. The molecule has 0 fully saturated rings. The molecular weight excluding hydrogens is 262 g/mol. The van der Waals surface area contributed by atoms with Crippen LogP contribution in [0.5, 0.6) is 0 Å². The molecule has 4 heteroatoms. The van der Waals surface area contributed by atoms with Gasteiger partial charge < -0.3 is 15.0 Å². The van der Waals surface area contributed by atoms with E-state index in [1.807, 2.05) is 0 Å². The molecule has 0 spiro atoms. The zero-order valence-corrected chi connectivity index (χ0v) is 14.7. The quantitative estimate of drug-likeness (QED) is 0.838. The summed E-state index contributed by atoms with van der Waals surface area (Å²) in [5, 5.41) is 3.39. The molecule has 0 amide bonds. The van der Waals surface area contributed by atoms with E-state index in [0.717, 1.165) is 24.6 Å². The van der Waals surface area contributed by atoms with Crippen LogP contribution in [0.2, 0.25) is 0 Å². The van der Waals surface area contributed by atoms with Crippen molar-refractivity contribution >= 4 is 5.82 Å². The molecule has 1 unspecified atom stereocenters. The van der Waals surface area contributed by atoms with Gasteiger partial charge >= 0.3 is 0 Å². The van der Waals surface area contributed by atoms with Crippen molar-refractivity contribution < 1.29 is 4.74 Å². The van der Waals surface area contributed by atoms with Crippen LogP contribution in [-0.4, -0.2) is 38.3 Å². The molecule has 0 aliphatic heterocycles. The van der Waals surface area contributed by atoms with Crippen molar-refractivity contribution in [2.45, 2.75) is 52.6 Å². The second-order valence-electron chi connectivity index (χ2n) is 6.66. The van der Waals surface area contributed by atoms with Gasteiger partial charge in [0.2, 0.25) is 0 Å². The van der Waals surface area contributed by atoms with Crippen molar-refractivity contribution in [2.75, 3.05) is 32.2 Å². The molecule has 0 aliphatic rings. The number of nitrogens with zero attached hydrogens (tertiary/aromatic N) is 2. The Morgan fingerprint density at radius 1 is 1.33 bits per heavy atom. The number of anilines is 1. The highest BCUT2D eigenvalue weighted by atomic mass is 16.5. The highest BCUT2D eigenvalue weighted by Crippen LogP contribution is 2.25. The normalized spacial score (nSPS) is 13.3. The zero-order valence-electron chi connectivity index (χ0n) is 14.7. The molecule has 1 atom stereocenters. The van der Waals surface area contributed by atoms with Crippen LogP contribution < -0.4 is 10.2 Å².